The van der Waals surface area contributed by atoms with Crippen LogP contribution in [0, 0.1) is 0 Å². The number of carbonyl (C=O) groups is 1. The molecule has 2 atom stereocenters. The van der Waals surface area contributed by atoms with Gasteiger partial charge in [0.2, 0.25) is 11.7 Å². The SMILES string of the molecule is O=C(Cn1cnc(-c2ccccc2)n1)N1CCC(c2sc(C(F)(F)F)nc2-c2cnc(C(F)(F)F)nc2)C[C@@H]1CO. The first-order chi connectivity index (χ1) is 19.4. The topological polar surface area (TPSA) is 110 Å². The Balaban J connectivity index is 1.35. The standard InChI is InChI=1S/C25H21F6N7O2S/c26-24(27,28)22-32-9-16(10-33-22)19-20(41-23(35-19)25(29,30)31)15-6-7-38(17(8-15)12-39)18(40)11-37-13-34-21(36-37)14-4-2-1-3-5-14/h1-5,9-10,13,15,17,39H,6-8,11-12H2/t15?,17-/m1/s1. The van der Waals surface area contributed by atoms with E-state index in [1.54, 1.807) is 0 Å². The molecule has 0 radical (unpaired) electrons. The van der Waals surface area contributed by atoms with Crippen molar-refractivity contribution in [3.63, 3.8) is 0 Å². The van der Waals surface area contributed by atoms with Gasteiger partial charge in [0.15, 0.2) is 10.8 Å². The Morgan fingerprint density at radius 2 is 1.71 bits per heavy atom. The predicted octanol–water partition coefficient (Wildman–Crippen LogP) is 4.66. The number of rotatable bonds is 6. The highest BCUT2D eigenvalue weighted by Crippen LogP contribution is 2.44. The average Bonchev–Trinajstić information content (AvgIpc) is 3.61. The molecule has 5 rings (SSSR count). The highest BCUT2D eigenvalue weighted by molar-refractivity contribution is 7.12. The van der Waals surface area contributed by atoms with Gasteiger partial charge >= 0.3 is 12.4 Å². The molecule has 41 heavy (non-hydrogen) atoms. The van der Waals surface area contributed by atoms with E-state index in [2.05, 4.69) is 25.0 Å². The van der Waals surface area contributed by atoms with Crippen LogP contribution in [0.25, 0.3) is 22.6 Å². The van der Waals surface area contributed by atoms with Crippen LogP contribution in [0.2, 0.25) is 0 Å². The van der Waals surface area contributed by atoms with Gasteiger partial charge in [-0.1, -0.05) is 30.3 Å². The summed E-state index contributed by atoms with van der Waals surface area (Å²) in [4.78, 5) is 29.1. The number of aromatic nitrogens is 6. The van der Waals surface area contributed by atoms with Gasteiger partial charge in [-0.05, 0) is 18.8 Å². The first-order valence-electron chi connectivity index (χ1n) is 12.3. The molecule has 0 spiro atoms. The number of amides is 1. The molecule has 3 aromatic heterocycles. The van der Waals surface area contributed by atoms with E-state index in [4.69, 9.17) is 0 Å². The molecule has 0 bridgehead atoms. The van der Waals surface area contributed by atoms with Crippen molar-refractivity contribution in [3.8, 4) is 22.6 Å². The molecular weight excluding hydrogens is 576 g/mol. The van der Waals surface area contributed by atoms with Crippen LogP contribution in [0.15, 0.2) is 49.1 Å². The van der Waals surface area contributed by atoms with Gasteiger partial charge in [-0.2, -0.15) is 31.4 Å². The molecule has 1 unspecified atom stereocenters. The van der Waals surface area contributed by atoms with Gasteiger partial charge in [-0.25, -0.2) is 24.6 Å². The Morgan fingerprint density at radius 1 is 1.00 bits per heavy atom. The zero-order valence-corrected chi connectivity index (χ0v) is 21.8. The molecule has 1 aliphatic rings. The Bertz CT molecular complexity index is 1510. The third-order valence-corrected chi connectivity index (χ3v) is 7.82. The molecule has 216 valence electrons. The molecule has 0 saturated carbocycles. The van der Waals surface area contributed by atoms with Crippen molar-refractivity contribution in [2.45, 2.75) is 43.7 Å². The molecule has 4 heterocycles. The summed E-state index contributed by atoms with van der Waals surface area (Å²) in [6.07, 6.45) is -6.25. The lowest BCUT2D eigenvalue weighted by Crippen LogP contribution is -2.48. The lowest BCUT2D eigenvalue weighted by Gasteiger charge is -2.38. The molecular formula is C25H21F6N7O2S. The van der Waals surface area contributed by atoms with Crippen molar-refractivity contribution in [2.75, 3.05) is 13.2 Å². The summed E-state index contributed by atoms with van der Waals surface area (Å²) in [5.41, 5.74) is 0.498. The van der Waals surface area contributed by atoms with Crippen LogP contribution in [0.3, 0.4) is 0 Å². The molecule has 16 heteroatoms. The number of aliphatic hydroxyl groups is 1. The van der Waals surface area contributed by atoms with Crippen LogP contribution in [0.4, 0.5) is 26.3 Å². The van der Waals surface area contributed by atoms with Crippen LogP contribution < -0.4 is 0 Å². The molecule has 1 saturated heterocycles. The summed E-state index contributed by atoms with van der Waals surface area (Å²) in [6, 6.07) is 8.43. The Kier molecular flexibility index (Phi) is 7.78. The van der Waals surface area contributed by atoms with Gasteiger partial charge < -0.3 is 10.0 Å². The Labute approximate surface area is 232 Å². The van der Waals surface area contributed by atoms with Crippen molar-refractivity contribution in [3.05, 3.63) is 64.8 Å². The van der Waals surface area contributed by atoms with E-state index >= 15 is 0 Å². The molecule has 4 aromatic rings. The molecule has 1 N–H and O–H groups in total. The molecule has 0 aliphatic carbocycles. The van der Waals surface area contributed by atoms with E-state index in [9.17, 15) is 36.2 Å². The maximum Gasteiger partial charge on any atom is 0.451 e. The van der Waals surface area contributed by atoms with Crippen molar-refractivity contribution < 1.29 is 36.2 Å². The maximum absolute atomic E-state index is 13.6. The van der Waals surface area contributed by atoms with E-state index in [0.29, 0.717) is 17.2 Å². The van der Waals surface area contributed by atoms with E-state index in [0.717, 1.165) is 18.0 Å². The Morgan fingerprint density at radius 3 is 2.34 bits per heavy atom. The molecule has 1 aliphatic heterocycles. The third-order valence-electron chi connectivity index (χ3n) is 6.56. The summed E-state index contributed by atoms with van der Waals surface area (Å²) in [5, 5.41) is 13.2. The number of alkyl halides is 6. The normalized spacial score (nSPS) is 18.1. The number of aliphatic hydroxyl groups excluding tert-OH is 1. The second kappa shape index (κ2) is 11.2. The van der Waals surface area contributed by atoms with Gasteiger partial charge in [0.05, 0.1) is 18.3 Å². The fourth-order valence-corrected chi connectivity index (χ4v) is 5.75. The number of benzene rings is 1. The lowest BCUT2D eigenvalue weighted by atomic mass is 9.88. The predicted molar refractivity (Wildman–Crippen MR) is 133 cm³/mol. The third kappa shape index (κ3) is 6.22. The van der Waals surface area contributed by atoms with Crippen LogP contribution in [-0.2, 0) is 23.7 Å². The molecule has 1 aromatic carbocycles. The first kappa shape index (κ1) is 28.6. The van der Waals surface area contributed by atoms with Crippen LogP contribution in [0.5, 0.6) is 0 Å². The quantitative estimate of drug-likeness (QED) is 0.322. The van der Waals surface area contributed by atoms with Crippen molar-refractivity contribution in [1.82, 2.24) is 34.6 Å². The van der Waals surface area contributed by atoms with Crippen LogP contribution >= 0.6 is 11.3 Å². The largest absolute Gasteiger partial charge is 0.451 e. The fraction of sp³-hybridized carbons (Fsp3) is 0.360. The van der Waals surface area contributed by atoms with Crippen molar-refractivity contribution >= 4 is 17.2 Å². The number of likely N-dealkylation sites (tertiary alicyclic amines) is 1. The zero-order chi connectivity index (χ0) is 29.4. The molecule has 1 amide bonds. The van der Waals surface area contributed by atoms with Gasteiger partial charge in [0.1, 0.15) is 12.9 Å². The second-order valence-corrected chi connectivity index (χ2v) is 10.3. The van der Waals surface area contributed by atoms with Crippen molar-refractivity contribution in [2.24, 2.45) is 0 Å². The zero-order valence-electron chi connectivity index (χ0n) is 21.0. The van der Waals surface area contributed by atoms with Gasteiger partial charge in [-0.15, -0.1) is 11.3 Å². The van der Waals surface area contributed by atoms with Crippen molar-refractivity contribution in [1.29, 1.82) is 0 Å². The summed E-state index contributed by atoms with van der Waals surface area (Å²) in [6.45, 7) is -0.483. The van der Waals surface area contributed by atoms with Gasteiger partial charge in [0.25, 0.3) is 0 Å². The van der Waals surface area contributed by atoms with E-state index < -0.39 is 41.8 Å². The fourth-order valence-electron chi connectivity index (χ4n) is 4.64. The number of hydrogen-bond acceptors (Lipinski definition) is 8. The first-order valence-corrected chi connectivity index (χ1v) is 13.1. The minimum Gasteiger partial charge on any atom is -0.394 e. The molecule has 9 nitrogen and oxygen atoms in total. The van der Waals surface area contributed by atoms with E-state index in [1.165, 1.54) is 15.9 Å². The minimum atomic E-state index is -4.82. The summed E-state index contributed by atoms with van der Waals surface area (Å²) >= 11 is 0.382. The highest BCUT2D eigenvalue weighted by atomic mass is 32.1. The highest BCUT2D eigenvalue weighted by Gasteiger charge is 2.40. The number of hydrogen-bond donors (Lipinski definition) is 1. The summed E-state index contributed by atoms with van der Waals surface area (Å²) in [5.74, 6) is -1.91. The number of thiazole rings is 1. The van der Waals surface area contributed by atoms with Crippen LogP contribution in [0.1, 0.15) is 34.5 Å². The van der Waals surface area contributed by atoms with Gasteiger partial charge in [0, 0.05) is 34.9 Å². The van der Waals surface area contributed by atoms with E-state index in [-0.39, 0.29) is 48.0 Å². The number of carbonyl (C=O) groups excluding carboxylic acids is 1. The van der Waals surface area contributed by atoms with Gasteiger partial charge in [-0.3, -0.25) is 4.79 Å². The Hall–Kier alpha value is -3.92. The number of piperidine rings is 1. The van der Waals surface area contributed by atoms with Crippen LogP contribution in [-0.4, -0.2) is 64.8 Å². The lowest BCUT2D eigenvalue weighted by molar-refractivity contribution is -0.145. The smallest absolute Gasteiger partial charge is 0.394 e. The van der Waals surface area contributed by atoms with E-state index in [1.807, 2.05) is 30.3 Å². The molecule has 1 fully saturated rings. The summed E-state index contributed by atoms with van der Waals surface area (Å²) in [7, 11) is 0. The monoisotopic (exact) mass is 597 g/mol. The number of nitrogens with zero attached hydrogens (tertiary/aromatic N) is 7. The number of halogens is 6. The average molecular weight is 598 g/mol. The minimum absolute atomic E-state index is 0.0980. The second-order valence-electron chi connectivity index (χ2n) is 9.30. The maximum atomic E-state index is 13.6. The summed E-state index contributed by atoms with van der Waals surface area (Å²) < 4.78 is 80.8.